The van der Waals surface area contributed by atoms with E-state index in [1.54, 1.807) is 11.0 Å². The van der Waals surface area contributed by atoms with Crippen LogP contribution in [0.4, 0.5) is 10.1 Å². The molecule has 0 atom stereocenters. The number of halogens is 2. The first-order valence-corrected chi connectivity index (χ1v) is 8.15. The monoisotopic (exact) mass is 357 g/mol. The van der Waals surface area contributed by atoms with Crippen LogP contribution in [0.1, 0.15) is 37.8 Å². The second kappa shape index (κ2) is 9.59. The number of benzene rings is 1. The van der Waals surface area contributed by atoms with Gasteiger partial charge in [-0.1, -0.05) is 6.07 Å². The molecule has 5 nitrogen and oxygen atoms in total. The highest BCUT2D eigenvalue weighted by Crippen LogP contribution is 2.24. The normalized spacial score (nSPS) is 12.8. The largest absolute Gasteiger partial charge is 0.343 e. The fourth-order valence-corrected chi connectivity index (χ4v) is 2.80. The van der Waals surface area contributed by atoms with Gasteiger partial charge in [-0.25, -0.2) is 4.39 Å². The number of anilines is 1. The number of rotatable bonds is 6. The van der Waals surface area contributed by atoms with E-state index in [1.807, 2.05) is 19.9 Å². The van der Waals surface area contributed by atoms with Gasteiger partial charge in [-0.15, -0.1) is 12.4 Å². The maximum Gasteiger partial charge on any atom is 0.224 e. The smallest absolute Gasteiger partial charge is 0.224 e. The third-order valence-corrected chi connectivity index (χ3v) is 4.16. The second-order valence-corrected chi connectivity index (χ2v) is 5.61. The van der Waals surface area contributed by atoms with Crippen molar-refractivity contribution in [3.63, 3.8) is 0 Å². The van der Waals surface area contributed by atoms with E-state index in [4.69, 9.17) is 0 Å². The first-order chi connectivity index (χ1) is 11.1. The summed E-state index contributed by atoms with van der Waals surface area (Å²) in [5, 5.41) is 5.77. The van der Waals surface area contributed by atoms with Crippen molar-refractivity contribution < 1.29 is 14.0 Å². The van der Waals surface area contributed by atoms with Crippen molar-refractivity contribution in [2.45, 2.75) is 39.7 Å². The Bertz CT molecular complexity index is 591. The van der Waals surface area contributed by atoms with Crippen LogP contribution in [-0.2, 0) is 22.6 Å². The third-order valence-electron chi connectivity index (χ3n) is 4.16. The molecule has 0 unspecified atom stereocenters. The summed E-state index contributed by atoms with van der Waals surface area (Å²) in [5.74, 6) is -0.743. The van der Waals surface area contributed by atoms with E-state index in [2.05, 4.69) is 10.6 Å². The van der Waals surface area contributed by atoms with E-state index < -0.39 is 0 Å². The van der Waals surface area contributed by atoms with Gasteiger partial charge in [0.1, 0.15) is 5.82 Å². The zero-order chi connectivity index (χ0) is 16.8. The molecule has 2 amide bonds. The summed E-state index contributed by atoms with van der Waals surface area (Å²) in [6, 6.07) is 3.42. The van der Waals surface area contributed by atoms with Crippen LogP contribution in [0.3, 0.4) is 0 Å². The Morgan fingerprint density at radius 1 is 1.25 bits per heavy atom. The fourth-order valence-electron chi connectivity index (χ4n) is 2.80. The van der Waals surface area contributed by atoms with Gasteiger partial charge in [0.25, 0.3) is 0 Å². The molecule has 2 N–H and O–H groups in total. The summed E-state index contributed by atoms with van der Waals surface area (Å²) in [6.07, 6.45) is 0.822. The lowest BCUT2D eigenvalue weighted by Crippen LogP contribution is -2.31. The standard InChI is InChI=1S/C17H24FN3O2.ClH/c1-3-21(4-2)16(23)8-7-15(22)20-14-6-5-12-11-19-10-9-13(12)17(14)18;/h5-6,19H,3-4,7-11H2,1-2H3,(H,20,22);1H. The van der Waals surface area contributed by atoms with E-state index in [-0.39, 0.29) is 48.6 Å². The molecule has 134 valence electrons. The lowest BCUT2D eigenvalue weighted by molar-refractivity contribution is -0.132. The van der Waals surface area contributed by atoms with Crippen molar-refractivity contribution in [3.05, 3.63) is 29.1 Å². The summed E-state index contributed by atoms with van der Waals surface area (Å²) in [6.45, 7) is 6.45. The van der Waals surface area contributed by atoms with Crippen LogP contribution in [0.15, 0.2) is 12.1 Å². The van der Waals surface area contributed by atoms with Crippen molar-refractivity contribution in [2.24, 2.45) is 0 Å². The molecular formula is C17H25ClFN3O2. The molecule has 7 heteroatoms. The molecule has 0 saturated heterocycles. The van der Waals surface area contributed by atoms with Gasteiger partial charge in [0, 0.05) is 32.5 Å². The quantitative estimate of drug-likeness (QED) is 0.822. The Morgan fingerprint density at radius 3 is 2.62 bits per heavy atom. The van der Waals surface area contributed by atoms with Crippen LogP contribution in [0, 0.1) is 5.82 Å². The van der Waals surface area contributed by atoms with E-state index >= 15 is 0 Å². The van der Waals surface area contributed by atoms with Crippen molar-refractivity contribution in [1.29, 1.82) is 0 Å². The predicted octanol–water partition coefficient (Wildman–Crippen LogP) is 2.48. The minimum Gasteiger partial charge on any atom is -0.343 e. The molecule has 1 aliphatic heterocycles. The van der Waals surface area contributed by atoms with E-state index in [9.17, 15) is 14.0 Å². The number of hydrogen-bond donors (Lipinski definition) is 2. The minimum absolute atomic E-state index is 0. The van der Waals surface area contributed by atoms with E-state index in [0.29, 0.717) is 31.6 Å². The number of carbonyl (C=O) groups excluding carboxylic acids is 2. The molecule has 1 aromatic rings. The van der Waals surface area contributed by atoms with Gasteiger partial charge in [-0.05, 0) is 44.0 Å². The van der Waals surface area contributed by atoms with E-state index in [0.717, 1.165) is 12.1 Å². The van der Waals surface area contributed by atoms with Gasteiger partial charge in [0.2, 0.25) is 11.8 Å². The summed E-state index contributed by atoms with van der Waals surface area (Å²) in [7, 11) is 0. The van der Waals surface area contributed by atoms with Gasteiger partial charge >= 0.3 is 0 Å². The summed E-state index contributed by atoms with van der Waals surface area (Å²) in [5.41, 5.74) is 1.80. The average molecular weight is 358 g/mol. The summed E-state index contributed by atoms with van der Waals surface area (Å²) < 4.78 is 14.4. The zero-order valence-corrected chi connectivity index (χ0v) is 15.0. The first kappa shape index (κ1) is 20.4. The molecule has 1 aliphatic rings. The molecule has 0 spiro atoms. The van der Waals surface area contributed by atoms with E-state index in [1.165, 1.54) is 0 Å². The van der Waals surface area contributed by atoms with Gasteiger partial charge in [0.05, 0.1) is 5.69 Å². The SMILES string of the molecule is CCN(CC)C(=O)CCC(=O)Nc1ccc2c(c1F)CCNC2.Cl. The second-order valence-electron chi connectivity index (χ2n) is 5.61. The predicted molar refractivity (Wildman–Crippen MR) is 94.9 cm³/mol. The van der Waals surface area contributed by atoms with Gasteiger partial charge in [-0.3, -0.25) is 9.59 Å². The molecule has 2 rings (SSSR count). The van der Waals surface area contributed by atoms with Crippen molar-refractivity contribution in [2.75, 3.05) is 25.0 Å². The zero-order valence-electron chi connectivity index (χ0n) is 14.2. The molecule has 0 bridgehead atoms. The fraction of sp³-hybridized carbons (Fsp3) is 0.529. The van der Waals surface area contributed by atoms with Gasteiger partial charge in [0.15, 0.2) is 0 Å². The van der Waals surface area contributed by atoms with Crippen LogP contribution < -0.4 is 10.6 Å². The molecule has 0 radical (unpaired) electrons. The Labute approximate surface area is 148 Å². The molecule has 1 aromatic carbocycles. The van der Waals surface area contributed by atoms with Crippen molar-refractivity contribution in [1.82, 2.24) is 10.2 Å². The van der Waals surface area contributed by atoms with Gasteiger partial charge < -0.3 is 15.5 Å². The topological polar surface area (TPSA) is 61.4 Å². The van der Waals surface area contributed by atoms with Crippen LogP contribution in [-0.4, -0.2) is 36.3 Å². The maximum absolute atomic E-state index is 14.4. The Balaban J connectivity index is 0.00000288. The third kappa shape index (κ3) is 4.92. The Kier molecular flexibility index (Phi) is 8.15. The summed E-state index contributed by atoms with van der Waals surface area (Å²) >= 11 is 0. The number of carbonyl (C=O) groups is 2. The Hall–Kier alpha value is -1.66. The van der Waals surface area contributed by atoms with Crippen molar-refractivity contribution >= 4 is 29.9 Å². The van der Waals surface area contributed by atoms with Gasteiger partial charge in [-0.2, -0.15) is 0 Å². The molecule has 0 saturated carbocycles. The lowest BCUT2D eigenvalue weighted by atomic mass is 9.99. The number of hydrogen-bond acceptors (Lipinski definition) is 3. The minimum atomic E-state index is -0.354. The summed E-state index contributed by atoms with van der Waals surface area (Å²) in [4.78, 5) is 25.5. The van der Waals surface area contributed by atoms with Crippen LogP contribution in [0.5, 0.6) is 0 Å². The number of fused-ring (bicyclic) bond motifs is 1. The number of nitrogens with one attached hydrogen (secondary N) is 2. The number of nitrogens with zero attached hydrogens (tertiary/aromatic N) is 1. The highest BCUT2D eigenvalue weighted by molar-refractivity contribution is 5.93. The molecular weight excluding hydrogens is 333 g/mol. The molecule has 0 aromatic heterocycles. The van der Waals surface area contributed by atoms with Crippen molar-refractivity contribution in [3.8, 4) is 0 Å². The van der Waals surface area contributed by atoms with Crippen LogP contribution in [0.2, 0.25) is 0 Å². The lowest BCUT2D eigenvalue weighted by Gasteiger charge is -2.20. The highest BCUT2D eigenvalue weighted by Gasteiger charge is 2.18. The van der Waals surface area contributed by atoms with Crippen LogP contribution in [0.25, 0.3) is 0 Å². The molecule has 1 heterocycles. The molecule has 0 fully saturated rings. The van der Waals surface area contributed by atoms with Crippen LogP contribution >= 0.6 is 12.4 Å². The first-order valence-electron chi connectivity index (χ1n) is 8.15. The molecule has 0 aliphatic carbocycles. The maximum atomic E-state index is 14.4. The number of amides is 2. The highest BCUT2D eigenvalue weighted by atomic mass is 35.5. The Morgan fingerprint density at radius 2 is 1.96 bits per heavy atom. The average Bonchev–Trinajstić information content (AvgIpc) is 2.57. The molecule has 24 heavy (non-hydrogen) atoms.